The van der Waals surface area contributed by atoms with Gasteiger partial charge in [-0.2, -0.15) is 0 Å². The smallest absolute Gasteiger partial charge is 0.199 e. The Morgan fingerprint density at radius 2 is 1.81 bits per heavy atom. The second kappa shape index (κ2) is 6.23. The number of aryl methyl sites for hydroxylation is 1. The summed E-state index contributed by atoms with van der Waals surface area (Å²) in [5.41, 5.74) is 4.30. The summed E-state index contributed by atoms with van der Waals surface area (Å²) in [5, 5.41) is 4.94. The lowest BCUT2D eigenvalue weighted by Gasteiger charge is -2.07. The van der Waals surface area contributed by atoms with Crippen LogP contribution in [0.15, 0.2) is 52.9 Å². The average molecular weight is 300 g/mol. The van der Waals surface area contributed by atoms with Crippen LogP contribution in [0.4, 0.5) is 5.69 Å². The highest BCUT2D eigenvalue weighted by Crippen LogP contribution is 2.30. The van der Waals surface area contributed by atoms with Gasteiger partial charge in [0.05, 0.1) is 0 Å². The Bertz CT molecular complexity index is 731. The summed E-state index contributed by atoms with van der Waals surface area (Å²) in [6.45, 7) is 2.85. The summed E-state index contributed by atoms with van der Waals surface area (Å²) in [5.74, 6) is 0. The standard InChI is InChI=1S/C18H18ClNO/c1-2-5-13-8-10-14(11-9-13)20-12-16-15-6-3-4-7-17(15)21-18(16)19/h3-4,6-11,20H,2,5,12H2,1H3. The predicted molar refractivity (Wildman–Crippen MR) is 89.0 cm³/mol. The Morgan fingerprint density at radius 1 is 1.05 bits per heavy atom. The van der Waals surface area contributed by atoms with Crippen molar-refractivity contribution < 1.29 is 4.42 Å². The van der Waals surface area contributed by atoms with Crippen LogP contribution in [0.2, 0.25) is 5.22 Å². The quantitative estimate of drug-likeness (QED) is 0.658. The highest BCUT2D eigenvalue weighted by atomic mass is 35.5. The minimum absolute atomic E-state index is 0.464. The van der Waals surface area contributed by atoms with Gasteiger partial charge < -0.3 is 9.73 Å². The lowest BCUT2D eigenvalue weighted by molar-refractivity contribution is 0.613. The van der Waals surface area contributed by atoms with Crippen LogP contribution in [-0.2, 0) is 13.0 Å². The number of halogens is 1. The number of rotatable bonds is 5. The predicted octanol–water partition coefficient (Wildman–Crippen LogP) is 5.65. The molecule has 3 heteroatoms. The maximum atomic E-state index is 6.19. The Labute approximate surface area is 129 Å². The molecule has 0 aliphatic carbocycles. The van der Waals surface area contributed by atoms with Crippen molar-refractivity contribution in [3.8, 4) is 0 Å². The van der Waals surface area contributed by atoms with Gasteiger partial charge in [0.2, 0.25) is 0 Å². The van der Waals surface area contributed by atoms with Gasteiger partial charge in [-0.3, -0.25) is 0 Å². The number of benzene rings is 2. The molecule has 0 bridgehead atoms. The van der Waals surface area contributed by atoms with Crippen LogP contribution < -0.4 is 5.32 Å². The topological polar surface area (TPSA) is 25.2 Å². The van der Waals surface area contributed by atoms with E-state index >= 15 is 0 Å². The molecular formula is C18H18ClNO. The molecule has 0 saturated heterocycles. The Kier molecular flexibility index (Phi) is 4.16. The van der Waals surface area contributed by atoms with E-state index in [1.54, 1.807) is 0 Å². The van der Waals surface area contributed by atoms with Crippen LogP contribution in [0.5, 0.6) is 0 Å². The van der Waals surface area contributed by atoms with E-state index in [4.69, 9.17) is 16.0 Å². The monoisotopic (exact) mass is 299 g/mol. The van der Waals surface area contributed by atoms with Gasteiger partial charge in [0.25, 0.3) is 0 Å². The Balaban J connectivity index is 1.75. The molecule has 108 valence electrons. The number of hydrogen-bond acceptors (Lipinski definition) is 2. The van der Waals surface area contributed by atoms with E-state index in [0.717, 1.165) is 28.6 Å². The number of fused-ring (bicyclic) bond motifs is 1. The number of hydrogen-bond donors (Lipinski definition) is 1. The van der Waals surface area contributed by atoms with Gasteiger partial charge >= 0.3 is 0 Å². The third-order valence-corrected chi connectivity index (χ3v) is 3.92. The molecule has 0 atom stereocenters. The zero-order chi connectivity index (χ0) is 14.7. The average Bonchev–Trinajstić information content (AvgIpc) is 2.82. The van der Waals surface area contributed by atoms with Gasteiger partial charge in [0, 0.05) is 23.2 Å². The first-order valence-electron chi connectivity index (χ1n) is 7.26. The SMILES string of the molecule is CCCc1ccc(NCc2c(Cl)oc3ccccc23)cc1. The first-order chi connectivity index (χ1) is 10.3. The minimum atomic E-state index is 0.464. The van der Waals surface area contributed by atoms with Gasteiger partial charge in [-0.25, -0.2) is 0 Å². The highest BCUT2D eigenvalue weighted by molar-refractivity contribution is 6.30. The van der Waals surface area contributed by atoms with Crippen molar-refractivity contribution in [2.24, 2.45) is 0 Å². The lowest BCUT2D eigenvalue weighted by atomic mass is 10.1. The number of para-hydroxylation sites is 1. The molecule has 0 aliphatic heterocycles. The second-order valence-electron chi connectivity index (χ2n) is 5.15. The van der Waals surface area contributed by atoms with Crippen molar-refractivity contribution in [2.75, 3.05) is 5.32 Å². The summed E-state index contributed by atoms with van der Waals surface area (Å²) in [6, 6.07) is 16.5. The molecule has 1 aromatic heterocycles. The fourth-order valence-corrected chi connectivity index (χ4v) is 2.75. The summed E-state index contributed by atoms with van der Waals surface area (Å²) in [7, 11) is 0. The third-order valence-electron chi connectivity index (χ3n) is 3.61. The molecule has 21 heavy (non-hydrogen) atoms. The molecule has 0 radical (unpaired) electrons. The van der Waals surface area contributed by atoms with Crippen molar-refractivity contribution in [2.45, 2.75) is 26.3 Å². The molecule has 1 heterocycles. The molecule has 0 saturated carbocycles. The van der Waals surface area contributed by atoms with Crippen LogP contribution in [0.1, 0.15) is 24.5 Å². The molecule has 3 aromatic rings. The first-order valence-corrected chi connectivity index (χ1v) is 7.64. The molecule has 2 nitrogen and oxygen atoms in total. The molecular weight excluding hydrogens is 282 g/mol. The Morgan fingerprint density at radius 3 is 2.57 bits per heavy atom. The largest absolute Gasteiger partial charge is 0.444 e. The van der Waals surface area contributed by atoms with Gasteiger partial charge in [0.15, 0.2) is 5.22 Å². The number of nitrogens with one attached hydrogen (secondary N) is 1. The zero-order valence-electron chi connectivity index (χ0n) is 12.0. The van der Waals surface area contributed by atoms with E-state index in [1.807, 2.05) is 24.3 Å². The molecule has 0 aliphatic rings. The van der Waals surface area contributed by atoms with Gasteiger partial charge in [-0.15, -0.1) is 0 Å². The second-order valence-corrected chi connectivity index (χ2v) is 5.49. The molecule has 3 rings (SSSR count). The van der Waals surface area contributed by atoms with Gasteiger partial charge in [0.1, 0.15) is 5.58 Å². The van der Waals surface area contributed by atoms with E-state index in [1.165, 1.54) is 12.0 Å². The highest BCUT2D eigenvalue weighted by Gasteiger charge is 2.11. The zero-order valence-corrected chi connectivity index (χ0v) is 12.8. The summed E-state index contributed by atoms with van der Waals surface area (Å²) < 4.78 is 5.56. The Hall–Kier alpha value is -1.93. The summed E-state index contributed by atoms with van der Waals surface area (Å²) in [6.07, 6.45) is 2.29. The molecule has 1 N–H and O–H groups in total. The fourth-order valence-electron chi connectivity index (χ4n) is 2.50. The van der Waals surface area contributed by atoms with E-state index in [-0.39, 0.29) is 0 Å². The lowest BCUT2D eigenvalue weighted by Crippen LogP contribution is -1.99. The number of anilines is 1. The number of furan rings is 1. The molecule has 0 unspecified atom stereocenters. The molecule has 2 aromatic carbocycles. The summed E-state index contributed by atoms with van der Waals surface area (Å²) >= 11 is 6.19. The van der Waals surface area contributed by atoms with E-state index in [9.17, 15) is 0 Å². The van der Waals surface area contributed by atoms with Crippen LogP contribution in [0.25, 0.3) is 11.0 Å². The minimum Gasteiger partial charge on any atom is -0.444 e. The first kappa shape index (κ1) is 14.0. The maximum absolute atomic E-state index is 6.19. The van der Waals surface area contributed by atoms with E-state index in [2.05, 4.69) is 36.5 Å². The van der Waals surface area contributed by atoms with Crippen molar-refractivity contribution in [1.82, 2.24) is 0 Å². The third kappa shape index (κ3) is 3.06. The summed E-state index contributed by atoms with van der Waals surface area (Å²) in [4.78, 5) is 0. The van der Waals surface area contributed by atoms with Crippen LogP contribution in [0.3, 0.4) is 0 Å². The van der Waals surface area contributed by atoms with Crippen molar-refractivity contribution in [3.05, 3.63) is 64.9 Å². The molecule has 0 amide bonds. The van der Waals surface area contributed by atoms with Crippen LogP contribution in [-0.4, -0.2) is 0 Å². The molecule has 0 fully saturated rings. The van der Waals surface area contributed by atoms with Crippen molar-refractivity contribution >= 4 is 28.3 Å². The van der Waals surface area contributed by atoms with Crippen molar-refractivity contribution in [1.29, 1.82) is 0 Å². The van der Waals surface area contributed by atoms with Crippen molar-refractivity contribution in [3.63, 3.8) is 0 Å². The maximum Gasteiger partial charge on any atom is 0.199 e. The molecule has 0 spiro atoms. The van der Waals surface area contributed by atoms with E-state index < -0.39 is 0 Å². The van der Waals surface area contributed by atoms with Gasteiger partial charge in [-0.1, -0.05) is 43.7 Å². The van der Waals surface area contributed by atoms with Crippen LogP contribution >= 0.6 is 11.6 Å². The van der Waals surface area contributed by atoms with E-state index in [0.29, 0.717) is 11.8 Å². The fraction of sp³-hybridized carbons (Fsp3) is 0.222. The normalized spacial score (nSPS) is 11.0. The van der Waals surface area contributed by atoms with Crippen LogP contribution in [0, 0.1) is 0 Å². The van der Waals surface area contributed by atoms with Gasteiger partial charge in [-0.05, 0) is 41.8 Å².